The van der Waals surface area contributed by atoms with Crippen LogP contribution in [-0.4, -0.2) is 4.92 Å². The summed E-state index contributed by atoms with van der Waals surface area (Å²) in [5, 5.41) is 12.6. The lowest BCUT2D eigenvalue weighted by Crippen LogP contribution is -2.12. The van der Waals surface area contributed by atoms with Gasteiger partial charge in [0.25, 0.3) is 5.69 Å². The Morgan fingerprint density at radius 1 is 1.39 bits per heavy atom. The topological polar surface area (TPSA) is 69.2 Å². The largest absolute Gasteiger partial charge is 0.324 e. The molecule has 0 saturated carbocycles. The first-order chi connectivity index (χ1) is 8.56. The van der Waals surface area contributed by atoms with E-state index in [9.17, 15) is 10.1 Å². The number of nitrogens with two attached hydrogens (primary N) is 1. The smallest absolute Gasteiger partial charge is 0.269 e. The molecule has 0 fully saturated rings. The van der Waals surface area contributed by atoms with Crippen molar-refractivity contribution in [3.63, 3.8) is 0 Å². The van der Waals surface area contributed by atoms with Gasteiger partial charge in [0.05, 0.1) is 7.81 Å². The average molecular weight is 374 g/mol. The van der Waals surface area contributed by atoms with E-state index in [-0.39, 0.29) is 11.7 Å². The molecule has 4 nitrogen and oxygen atoms in total. The van der Waals surface area contributed by atoms with Gasteiger partial charge in [0.2, 0.25) is 0 Å². The average Bonchev–Trinajstić information content (AvgIpc) is 2.76. The molecule has 0 aliphatic heterocycles. The van der Waals surface area contributed by atoms with E-state index in [0.717, 1.165) is 11.1 Å². The Labute approximate surface area is 122 Å². The predicted molar refractivity (Wildman–Crippen MR) is 80.8 cm³/mol. The van der Waals surface area contributed by atoms with E-state index in [2.05, 4.69) is 34.0 Å². The van der Waals surface area contributed by atoms with Crippen molar-refractivity contribution in [2.45, 2.75) is 12.5 Å². The van der Waals surface area contributed by atoms with E-state index >= 15 is 0 Å². The molecule has 0 radical (unpaired) electrons. The lowest BCUT2D eigenvalue weighted by Gasteiger charge is -2.09. The molecule has 2 N–H and O–H groups in total. The molecule has 1 unspecified atom stereocenters. The third kappa shape index (κ3) is 3.27. The maximum atomic E-state index is 10.5. The van der Waals surface area contributed by atoms with Gasteiger partial charge >= 0.3 is 0 Å². The summed E-state index contributed by atoms with van der Waals surface area (Å²) >= 11 is 3.93. The summed E-state index contributed by atoms with van der Waals surface area (Å²) in [7, 11) is 0. The van der Waals surface area contributed by atoms with Gasteiger partial charge < -0.3 is 5.73 Å². The third-order valence-electron chi connectivity index (χ3n) is 2.62. The van der Waals surface area contributed by atoms with Gasteiger partial charge in [-0.3, -0.25) is 10.1 Å². The van der Waals surface area contributed by atoms with Gasteiger partial charge in [0.15, 0.2) is 0 Å². The Kier molecular flexibility index (Phi) is 4.31. The number of halogens is 1. The summed E-state index contributed by atoms with van der Waals surface area (Å²) in [4.78, 5) is 10.1. The minimum atomic E-state index is -0.398. The lowest BCUT2D eigenvalue weighted by atomic mass is 10.0. The summed E-state index contributed by atoms with van der Waals surface area (Å²) in [6, 6.07) is 8.55. The van der Waals surface area contributed by atoms with Gasteiger partial charge in [-0.2, -0.15) is 0 Å². The molecular formula is C12H11IN2O2S. The Hall–Kier alpha value is -0.990. The zero-order valence-corrected chi connectivity index (χ0v) is 12.3. The summed E-state index contributed by atoms with van der Waals surface area (Å²) in [6.07, 6.45) is 0.685. The van der Waals surface area contributed by atoms with Gasteiger partial charge in [-0.25, -0.2) is 0 Å². The molecule has 0 amide bonds. The van der Waals surface area contributed by atoms with E-state index in [4.69, 9.17) is 5.73 Å². The highest BCUT2D eigenvalue weighted by Gasteiger charge is 2.10. The molecule has 18 heavy (non-hydrogen) atoms. The molecule has 1 aromatic heterocycles. The Bertz CT molecular complexity index is 553. The van der Waals surface area contributed by atoms with Crippen LogP contribution in [0.5, 0.6) is 0 Å². The van der Waals surface area contributed by atoms with Crippen molar-refractivity contribution in [1.29, 1.82) is 0 Å². The van der Waals surface area contributed by atoms with Crippen molar-refractivity contribution in [2.24, 2.45) is 5.73 Å². The maximum absolute atomic E-state index is 10.5. The van der Waals surface area contributed by atoms with Crippen molar-refractivity contribution >= 4 is 39.6 Å². The number of rotatable bonds is 4. The van der Waals surface area contributed by atoms with Crippen LogP contribution >= 0.6 is 33.9 Å². The molecule has 1 atom stereocenters. The van der Waals surface area contributed by atoms with Gasteiger partial charge in [0.1, 0.15) is 0 Å². The van der Waals surface area contributed by atoms with E-state index in [0.29, 0.717) is 6.42 Å². The second-order valence-electron chi connectivity index (χ2n) is 3.92. The molecule has 1 heterocycles. The fourth-order valence-electron chi connectivity index (χ4n) is 1.64. The summed E-state index contributed by atoms with van der Waals surface area (Å²) < 4.78 is 1.21. The number of nitro benzene ring substituents is 1. The Morgan fingerprint density at radius 3 is 2.56 bits per heavy atom. The maximum Gasteiger partial charge on any atom is 0.269 e. The molecule has 0 spiro atoms. The van der Waals surface area contributed by atoms with Gasteiger partial charge in [0, 0.05) is 18.2 Å². The number of non-ortho nitro benzene ring substituents is 1. The first kappa shape index (κ1) is 13.4. The molecule has 0 aliphatic carbocycles. The molecule has 0 bridgehead atoms. The Morgan fingerprint density at radius 2 is 2.06 bits per heavy atom. The van der Waals surface area contributed by atoms with Crippen molar-refractivity contribution in [3.05, 3.63) is 59.8 Å². The van der Waals surface area contributed by atoms with Crippen LogP contribution in [0, 0.1) is 13.0 Å². The van der Waals surface area contributed by atoms with E-state index < -0.39 is 4.92 Å². The van der Waals surface area contributed by atoms with Crippen molar-refractivity contribution in [1.82, 2.24) is 0 Å². The molecule has 1 aromatic carbocycles. The minimum Gasteiger partial charge on any atom is -0.324 e. The van der Waals surface area contributed by atoms with Gasteiger partial charge in [-0.05, 0) is 51.6 Å². The van der Waals surface area contributed by atoms with Gasteiger partial charge in [-0.1, -0.05) is 12.1 Å². The second kappa shape index (κ2) is 5.77. The van der Waals surface area contributed by atoms with Crippen LogP contribution in [0.3, 0.4) is 0 Å². The molecule has 0 saturated heterocycles. The van der Waals surface area contributed by atoms with Gasteiger partial charge in [-0.15, -0.1) is 11.3 Å². The molecule has 2 rings (SSSR count). The summed E-state index contributed by atoms with van der Waals surface area (Å²) in [5.74, 6) is 0. The standard InChI is InChI=1S/C12H11IN2O2S/c13-12-6-9(7-18-12)11(14)5-8-1-3-10(4-2-8)15(16)17/h1-4,6-7,11H,5,14H2. The van der Waals surface area contributed by atoms with E-state index in [1.807, 2.05) is 0 Å². The van der Waals surface area contributed by atoms with Crippen LogP contribution in [0.2, 0.25) is 0 Å². The van der Waals surface area contributed by atoms with Crippen LogP contribution < -0.4 is 5.73 Å². The fourth-order valence-corrected chi connectivity index (χ4v) is 3.08. The summed E-state index contributed by atoms with van der Waals surface area (Å²) in [6.45, 7) is 0. The van der Waals surface area contributed by atoms with Crippen molar-refractivity contribution in [3.8, 4) is 0 Å². The highest BCUT2D eigenvalue weighted by atomic mass is 127. The molecule has 2 aromatic rings. The number of nitrogens with zero attached hydrogens (tertiary/aromatic N) is 1. The third-order valence-corrected chi connectivity index (χ3v) is 4.43. The highest BCUT2D eigenvalue weighted by molar-refractivity contribution is 14.1. The van der Waals surface area contributed by atoms with Crippen molar-refractivity contribution in [2.75, 3.05) is 0 Å². The van der Waals surface area contributed by atoms with Crippen molar-refractivity contribution < 1.29 is 4.92 Å². The number of hydrogen-bond acceptors (Lipinski definition) is 4. The van der Waals surface area contributed by atoms with Crippen LogP contribution in [0.1, 0.15) is 17.2 Å². The fraction of sp³-hybridized carbons (Fsp3) is 0.167. The molecule has 0 aliphatic rings. The zero-order chi connectivity index (χ0) is 13.1. The predicted octanol–water partition coefficient (Wildman–Crippen LogP) is 3.50. The zero-order valence-electron chi connectivity index (χ0n) is 9.38. The summed E-state index contributed by atoms with van der Waals surface area (Å²) in [5.41, 5.74) is 8.34. The first-order valence-electron chi connectivity index (χ1n) is 5.29. The van der Waals surface area contributed by atoms with Crippen LogP contribution in [0.25, 0.3) is 0 Å². The molecular weight excluding hydrogens is 363 g/mol. The normalized spacial score (nSPS) is 12.3. The second-order valence-corrected chi connectivity index (χ2v) is 6.72. The molecule has 6 heteroatoms. The van der Waals surface area contributed by atoms with E-state index in [1.54, 1.807) is 23.5 Å². The SMILES string of the molecule is NC(Cc1ccc([N+](=O)[O-])cc1)c1csc(I)c1. The van der Waals surface area contributed by atoms with E-state index in [1.165, 1.54) is 15.0 Å². The first-order valence-corrected chi connectivity index (χ1v) is 7.25. The highest BCUT2D eigenvalue weighted by Crippen LogP contribution is 2.24. The van der Waals surface area contributed by atoms with Crippen LogP contribution in [0.15, 0.2) is 35.7 Å². The lowest BCUT2D eigenvalue weighted by molar-refractivity contribution is -0.384. The number of thiophene rings is 1. The number of nitro groups is 1. The molecule has 94 valence electrons. The van der Waals surface area contributed by atoms with Crippen LogP contribution in [-0.2, 0) is 6.42 Å². The number of benzene rings is 1. The quantitative estimate of drug-likeness (QED) is 0.506. The Balaban J connectivity index is 2.07. The monoisotopic (exact) mass is 374 g/mol. The van der Waals surface area contributed by atoms with Crippen LogP contribution in [0.4, 0.5) is 5.69 Å². The minimum absolute atomic E-state index is 0.0637. The number of hydrogen-bond donors (Lipinski definition) is 1.